The molecule has 16 heavy (non-hydrogen) atoms. The summed E-state index contributed by atoms with van der Waals surface area (Å²) in [6, 6.07) is 9.85. The summed E-state index contributed by atoms with van der Waals surface area (Å²) in [6.07, 6.45) is 8.15. The van der Waals surface area contributed by atoms with E-state index in [2.05, 4.69) is 12.2 Å². The summed E-state index contributed by atoms with van der Waals surface area (Å²) in [5, 5.41) is 2.82. The fourth-order valence-corrected chi connectivity index (χ4v) is 1.20. The van der Waals surface area contributed by atoms with Crippen LogP contribution in [0.2, 0.25) is 0 Å². The number of hydrogen-bond acceptors (Lipinski definition) is 1. The summed E-state index contributed by atoms with van der Waals surface area (Å²) in [7, 11) is 0. The number of nitrogens with one attached hydrogen (secondary N) is 1. The van der Waals surface area contributed by atoms with Gasteiger partial charge in [0.2, 0.25) is 5.91 Å². The third kappa shape index (κ3) is 5.15. The van der Waals surface area contributed by atoms with E-state index in [-0.39, 0.29) is 5.91 Å². The maximum Gasteiger partial charge on any atom is 0.244 e. The molecule has 2 heteroatoms. The summed E-state index contributed by atoms with van der Waals surface area (Å²) in [5.74, 6) is -0.0652. The van der Waals surface area contributed by atoms with Crippen LogP contribution in [0.1, 0.15) is 18.9 Å². The van der Waals surface area contributed by atoms with Gasteiger partial charge in [-0.1, -0.05) is 55.5 Å². The molecule has 0 aliphatic carbocycles. The number of allylic oxidation sites excluding steroid dienone is 3. The Labute approximate surface area is 96.7 Å². The Kier molecular flexibility index (Phi) is 5.71. The Balaban J connectivity index is 2.30. The lowest BCUT2D eigenvalue weighted by Gasteiger charge is -2.01. The molecular formula is C14H17NO. The minimum atomic E-state index is -0.0652. The number of hydrogen-bond donors (Lipinski definition) is 1. The molecule has 0 saturated carbocycles. The summed E-state index contributed by atoms with van der Waals surface area (Å²) in [5.41, 5.74) is 1.10. The lowest BCUT2D eigenvalue weighted by molar-refractivity contribution is -0.116. The molecule has 1 amide bonds. The van der Waals surface area contributed by atoms with Crippen molar-refractivity contribution in [2.75, 3.05) is 0 Å². The third-order valence-electron chi connectivity index (χ3n) is 2.04. The van der Waals surface area contributed by atoms with Crippen LogP contribution in [0.3, 0.4) is 0 Å². The lowest BCUT2D eigenvalue weighted by Crippen LogP contribution is -2.20. The highest BCUT2D eigenvalue weighted by atomic mass is 16.1. The molecule has 0 fully saturated rings. The van der Waals surface area contributed by atoms with E-state index in [9.17, 15) is 4.79 Å². The quantitative estimate of drug-likeness (QED) is 0.594. The van der Waals surface area contributed by atoms with Crippen molar-refractivity contribution in [3.63, 3.8) is 0 Å². The van der Waals surface area contributed by atoms with E-state index < -0.39 is 0 Å². The highest BCUT2D eigenvalue weighted by molar-refractivity contribution is 5.87. The molecule has 0 atom stereocenters. The van der Waals surface area contributed by atoms with Crippen molar-refractivity contribution >= 4 is 5.91 Å². The Hall–Kier alpha value is -1.83. The predicted octanol–water partition coefficient (Wildman–Crippen LogP) is 2.83. The molecule has 1 aromatic carbocycles. The summed E-state index contributed by atoms with van der Waals surface area (Å²) in [6.45, 7) is 2.63. The molecule has 0 radical (unpaired) electrons. The second-order valence-electron chi connectivity index (χ2n) is 3.40. The maximum atomic E-state index is 11.3. The molecule has 0 saturated heterocycles. The van der Waals surface area contributed by atoms with Crippen molar-refractivity contribution in [1.82, 2.24) is 5.32 Å². The average Bonchev–Trinajstić information content (AvgIpc) is 2.33. The molecule has 1 rings (SSSR count). The van der Waals surface area contributed by atoms with Gasteiger partial charge in [-0.3, -0.25) is 4.79 Å². The molecule has 1 N–H and O–H groups in total. The lowest BCUT2D eigenvalue weighted by atomic mass is 10.2. The first-order valence-corrected chi connectivity index (χ1v) is 5.48. The Morgan fingerprint density at radius 3 is 2.69 bits per heavy atom. The standard InChI is InChI=1S/C14H17NO/c1-2-3-4-8-11-14(16)15-12-13-9-6-5-7-10-13/h3-11H,2,12H2,1H3,(H,15,16). The van der Waals surface area contributed by atoms with E-state index in [1.54, 1.807) is 6.08 Å². The van der Waals surface area contributed by atoms with Gasteiger partial charge in [0.25, 0.3) is 0 Å². The number of amides is 1. The van der Waals surface area contributed by atoms with E-state index >= 15 is 0 Å². The van der Waals surface area contributed by atoms with Gasteiger partial charge in [-0.2, -0.15) is 0 Å². The third-order valence-corrected chi connectivity index (χ3v) is 2.04. The van der Waals surface area contributed by atoms with Crippen LogP contribution in [0, 0.1) is 0 Å². The topological polar surface area (TPSA) is 29.1 Å². The first-order valence-electron chi connectivity index (χ1n) is 5.48. The minimum Gasteiger partial charge on any atom is -0.348 e. The van der Waals surface area contributed by atoms with Crippen LogP contribution in [-0.2, 0) is 11.3 Å². The van der Waals surface area contributed by atoms with Crippen LogP contribution in [0.4, 0.5) is 0 Å². The summed E-state index contributed by atoms with van der Waals surface area (Å²) < 4.78 is 0. The van der Waals surface area contributed by atoms with Crippen LogP contribution in [0.25, 0.3) is 0 Å². The number of rotatable bonds is 5. The van der Waals surface area contributed by atoms with Gasteiger partial charge < -0.3 is 5.32 Å². The fourth-order valence-electron chi connectivity index (χ4n) is 1.20. The maximum absolute atomic E-state index is 11.3. The monoisotopic (exact) mass is 215 g/mol. The number of carbonyl (C=O) groups excluding carboxylic acids is 1. The van der Waals surface area contributed by atoms with Crippen molar-refractivity contribution < 1.29 is 4.79 Å². The molecular weight excluding hydrogens is 198 g/mol. The zero-order valence-corrected chi connectivity index (χ0v) is 9.52. The second-order valence-corrected chi connectivity index (χ2v) is 3.40. The summed E-state index contributed by atoms with van der Waals surface area (Å²) in [4.78, 5) is 11.3. The van der Waals surface area contributed by atoms with E-state index in [1.807, 2.05) is 42.5 Å². The van der Waals surface area contributed by atoms with Crippen LogP contribution < -0.4 is 5.32 Å². The van der Waals surface area contributed by atoms with Crippen LogP contribution in [0.5, 0.6) is 0 Å². The molecule has 0 aliphatic heterocycles. The van der Waals surface area contributed by atoms with Gasteiger partial charge in [-0.25, -0.2) is 0 Å². The van der Waals surface area contributed by atoms with Crippen molar-refractivity contribution in [3.05, 3.63) is 60.2 Å². The van der Waals surface area contributed by atoms with E-state index in [0.29, 0.717) is 6.54 Å². The van der Waals surface area contributed by atoms with Crippen molar-refractivity contribution in [1.29, 1.82) is 0 Å². The Morgan fingerprint density at radius 1 is 1.25 bits per heavy atom. The van der Waals surface area contributed by atoms with Crippen molar-refractivity contribution in [2.24, 2.45) is 0 Å². The van der Waals surface area contributed by atoms with Gasteiger partial charge in [0.15, 0.2) is 0 Å². The van der Waals surface area contributed by atoms with Gasteiger partial charge in [0.05, 0.1) is 0 Å². The molecule has 1 aromatic rings. The molecule has 0 unspecified atom stereocenters. The van der Waals surface area contributed by atoms with Crippen LogP contribution in [-0.4, -0.2) is 5.91 Å². The van der Waals surface area contributed by atoms with E-state index in [1.165, 1.54) is 6.08 Å². The normalized spacial score (nSPS) is 11.1. The van der Waals surface area contributed by atoms with Gasteiger partial charge in [0.1, 0.15) is 0 Å². The minimum absolute atomic E-state index is 0.0652. The molecule has 0 spiro atoms. The smallest absolute Gasteiger partial charge is 0.244 e. The first kappa shape index (κ1) is 12.2. The van der Waals surface area contributed by atoms with Gasteiger partial charge in [0, 0.05) is 12.6 Å². The summed E-state index contributed by atoms with van der Waals surface area (Å²) >= 11 is 0. The van der Waals surface area contributed by atoms with Crippen LogP contribution in [0.15, 0.2) is 54.6 Å². The Bertz CT molecular complexity index is 366. The van der Waals surface area contributed by atoms with Crippen molar-refractivity contribution in [3.8, 4) is 0 Å². The Morgan fingerprint density at radius 2 is 2.00 bits per heavy atom. The van der Waals surface area contributed by atoms with Gasteiger partial charge in [-0.15, -0.1) is 0 Å². The number of carbonyl (C=O) groups is 1. The van der Waals surface area contributed by atoms with Crippen molar-refractivity contribution in [2.45, 2.75) is 19.9 Å². The van der Waals surface area contributed by atoms with Gasteiger partial charge in [-0.05, 0) is 12.0 Å². The van der Waals surface area contributed by atoms with Gasteiger partial charge >= 0.3 is 0 Å². The SMILES string of the molecule is CCC=CC=CC(=O)NCc1ccccc1. The van der Waals surface area contributed by atoms with E-state index in [4.69, 9.17) is 0 Å². The molecule has 0 heterocycles. The molecule has 84 valence electrons. The first-order chi connectivity index (χ1) is 7.83. The fraction of sp³-hybridized carbons (Fsp3) is 0.214. The molecule has 0 bridgehead atoms. The second kappa shape index (κ2) is 7.46. The number of benzene rings is 1. The van der Waals surface area contributed by atoms with Crippen LogP contribution >= 0.6 is 0 Å². The zero-order chi connectivity index (χ0) is 11.6. The molecule has 0 aromatic heterocycles. The highest BCUT2D eigenvalue weighted by Crippen LogP contribution is 1.96. The highest BCUT2D eigenvalue weighted by Gasteiger charge is 1.94. The predicted molar refractivity (Wildman–Crippen MR) is 66.9 cm³/mol. The zero-order valence-electron chi connectivity index (χ0n) is 9.52. The molecule has 0 aliphatic rings. The van der Waals surface area contributed by atoms with E-state index in [0.717, 1.165) is 12.0 Å². The molecule has 2 nitrogen and oxygen atoms in total. The largest absolute Gasteiger partial charge is 0.348 e. The average molecular weight is 215 g/mol.